The molecule has 3 fully saturated rings. The molecule has 2 aliphatic heterocycles. The van der Waals surface area contributed by atoms with Gasteiger partial charge in [0.2, 0.25) is 5.91 Å². The molecule has 0 unspecified atom stereocenters. The lowest BCUT2D eigenvalue weighted by Crippen LogP contribution is -2.78. The van der Waals surface area contributed by atoms with Gasteiger partial charge >= 0.3 is 6.18 Å². The summed E-state index contributed by atoms with van der Waals surface area (Å²) in [6, 6.07) is 8.25. The number of carbonyl (C=O) groups is 1. The summed E-state index contributed by atoms with van der Waals surface area (Å²) in [5.41, 5.74) is -0.772. The minimum Gasteiger partial charge on any atom is -0.504 e. The highest BCUT2D eigenvalue weighted by Crippen LogP contribution is 2.66. The van der Waals surface area contributed by atoms with Gasteiger partial charge in [-0.25, -0.2) is 0 Å². The van der Waals surface area contributed by atoms with E-state index in [-0.39, 0.29) is 17.4 Å². The number of likely N-dealkylation sites (tertiary alicyclic amines) is 1. The van der Waals surface area contributed by atoms with Crippen molar-refractivity contribution in [3.8, 4) is 11.5 Å². The zero-order valence-corrected chi connectivity index (χ0v) is 22.3. The second-order valence-electron chi connectivity index (χ2n) is 12.3. The Labute approximate surface area is 231 Å². The Bertz CT molecular complexity index is 1410. The lowest BCUT2D eigenvalue weighted by Gasteiger charge is -2.64. The minimum atomic E-state index is -4.53. The number of aliphatic hydroxyl groups is 1. The van der Waals surface area contributed by atoms with Gasteiger partial charge in [0.25, 0.3) is 0 Å². The average Bonchev–Trinajstić information content (AvgIpc) is 3.66. The summed E-state index contributed by atoms with van der Waals surface area (Å²) in [6.07, 6.45) is 2.01. The fourth-order valence-corrected chi connectivity index (χ4v) is 8.19. The number of carbonyl (C=O) groups excluding carboxylic acids is 1. The number of aromatic hydroxyl groups is 1. The standard InChI is InChI=1S/C31H33F3N2O4/c1-35(25(38)11-9-19-4-2-3-5-21(19)31(32,33)34)22-12-13-30(39)24-16-20-8-10-23(37)27-26(20)29(30,28(22)40-27)14-15-36(24)17-18-6-7-18/h2-5,8-11,18,22,24,28,37,39H,6-7,12-17H2,1H3/t22-,24-,28+,29+,30-/m1/s1. The normalized spacial score (nSPS) is 32.6. The van der Waals surface area contributed by atoms with Crippen LogP contribution in [-0.4, -0.2) is 69.8 Å². The van der Waals surface area contributed by atoms with Gasteiger partial charge in [0.05, 0.1) is 22.6 Å². The van der Waals surface area contributed by atoms with Gasteiger partial charge in [-0.1, -0.05) is 24.3 Å². The van der Waals surface area contributed by atoms with E-state index in [0.717, 1.165) is 30.3 Å². The molecule has 2 bridgehead atoms. The van der Waals surface area contributed by atoms with Gasteiger partial charge in [0.15, 0.2) is 11.5 Å². The summed E-state index contributed by atoms with van der Waals surface area (Å²) in [7, 11) is 1.64. The molecule has 7 rings (SSSR count). The summed E-state index contributed by atoms with van der Waals surface area (Å²) in [6.45, 7) is 1.78. The Morgan fingerprint density at radius 3 is 2.70 bits per heavy atom. The van der Waals surface area contributed by atoms with Gasteiger partial charge in [-0.15, -0.1) is 0 Å². The van der Waals surface area contributed by atoms with Crippen LogP contribution in [0.15, 0.2) is 42.5 Å². The topological polar surface area (TPSA) is 73.2 Å². The molecule has 2 aromatic rings. The molecule has 2 aromatic carbocycles. The molecule has 2 N–H and O–H groups in total. The predicted octanol–water partition coefficient (Wildman–Crippen LogP) is 4.52. The number of amides is 1. The van der Waals surface area contributed by atoms with Crippen molar-refractivity contribution >= 4 is 12.0 Å². The zero-order valence-electron chi connectivity index (χ0n) is 22.3. The molecule has 40 heavy (non-hydrogen) atoms. The smallest absolute Gasteiger partial charge is 0.416 e. The third-order valence-electron chi connectivity index (χ3n) is 10.2. The van der Waals surface area contributed by atoms with Crippen LogP contribution in [0.3, 0.4) is 0 Å². The second kappa shape index (κ2) is 8.73. The number of alkyl halides is 3. The summed E-state index contributed by atoms with van der Waals surface area (Å²) in [5.74, 6) is 0.670. The van der Waals surface area contributed by atoms with Crippen molar-refractivity contribution in [2.45, 2.75) is 73.9 Å². The van der Waals surface area contributed by atoms with Gasteiger partial charge in [0, 0.05) is 31.3 Å². The average molecular weight is 555 g/mol. The molecule has 2 heterocycles. The van der Waals surface area contributed by atoms with E-state index in [0.29, 0.717) is 37.4 Å². The minimum absolute atomic E-state index is 0.0279. The first-order chi connectivity index (χ1) is 19.0. The molecular weight excluding hydrogens is 521 g/mol. The van der Waals surface area contributed by atoms with Crippen molar-refractivity contribution in [3.05, 3.63) is 64.7 Å². The first kappa shape index (κ1) is 25.9. The number of phenolic OH excluding ortho intramolecular Hbond substituents is 1. The van der Waals surface area contributed by atoms with Gasteiger partial charge in [-0.2, -0.15) is 13.2 Å². The highest BCUT2D eigenvalue weighted by molar-refractivity contribution is 5.92. The van der Waals surface area contributed by atoms with Crippen LogP contribution in [-0.2, 0) is 22.8 Å². The number of nitrogens with zero attached hydrogens (tertiary/aromatic N) is 2. The molecule has 5 atom stereocenters. The molecule has 212 valence electrons. The second-order valence-corrected chi connectivity index (χ2v) is 12.3. The maximum absolute atomic E-state index is 13.5. The number of halogens is 3. The predicted molar refractivity (Wildman–Crippen MR) is 142 cm³/mol. The van der Waals surface area contributed by atoms with Gasteiger partial charge < -0.3 is 19.8 Å². The van der Waals surface area contributed by atoms with E-state index >= 15 is 0 Å². The van der Waals surface area contributed by atoms with E-state index in [1.165, 1.54) is 48.1 Å². The molecule has 1 saturated heterocycles. The number of hydrogen-bond donors (Lipinski definition) is 2. The zero-order chi connectivity index (χ0) is 28.0. The van der Waals surface area contributed by atoms with E-state index < -0.39 is 40.8 Å². The molecule has 0 radical (unpaired) electrons. The molecule has 0 aromatic heterocycles. The Morgan fingerprint density at radius 2 is 1.95 bits per heavy atom. The van der Waals surface area contributed by atoms with E-state index in [2.05, 4.69) is 4.90 Å². The summed E-state index contributed by atoms with van der Waals surface area (Å²) in [5, 5.41) is 23.4. The third kappa shape index (κ3) is 3.59. The molecule has 2 saturated carbocycles. The Kier molecular flexibility index (Phi) is 5.65. The van der Waals surface area contributed by atoms with Crippen LogP contribution in [0.25, 0.3) is 6.08 Å². The van der Waals surface area contributed by atoms with Crippen molar-refractivity contribution < 1.29 is 32.9 Å². The molecular formula is C31H33F3N2O4. The van der Waals surface area contributed by atoms with Crippen molar-refractivity contribution in [2.75, 3.05) is 20.1 Å². The van der Waals surface area contributed by atoms with E-state index in [1.807, 2.05) is 6.07 Å². The van der Waals surface area contributed by atoms with Crippen molar-refractivity contribution in [1.29, 1.82) is 0 Å². The molecule has 1 amide bonds. The van der Waals surface area contributed by atoms with Crippen LogP contribution in [0.5, 0.6) is 11.5 Å². The van der Waals surface area contributed by atoms with Crippen LogP contribution >= 0.6 is 0 Å². The molecule has 5 aliphatic rings. The first-order valence-electron chi connectivity index (χ1n) is 14.1. The number of rotatable bonds is 5. The highest BCUT2D eigenvalue weighted by Gasteiger charge is 2.73. The SMILES string of the molecule is CN(C(=O)C=Cc1ccccc1C(F)(F)F)[C@@H]1CC[C@@]2(O)[C@H]3Cc4ccc(O)c5c4[C@@]2(CCN3CC2CC2)[C@H]1O5. The van der Waals surface area contributed by atoms with Crippen LogP contribution in [0.4, 0.5) is 13.2 Å². The number of phenols is 1. The Balaban J connectivity index is 1.23. The largest absolute Gasteiger partial charge is 0.504 e. The molecule has 1 spiro atoms. The lowest BCUT2D eigenvalue weighted by molar-refractivity contribution is -0.200. The highest BCUT2D eigenvalue weighted by atomic mass is 19.4. The maximum atomic E-state index is 13.5. The first-order valence-corrected chi connectivity index (χ1v) is 14.1. The van der Waals surface area contributed by atoms with Crippen LogP contribution in [0, 0.1) is 5.92 Å². The Morgan fingerprint density at radius 1 is 1.18 bits per heavy atom. The molecule has 9 heteroatoms. The fraction of sp³-hybridized carbons (Fsp3) is 0.516. The number of piperidine rings is 1. The fourth-order valence-electron chi connectivity index (χ4n) is 8.19. The number of ether oxygens (including phenoxy) is 1. The summed E-state index contributed by atoms with van der Waals surface area (Å²) >= 11 is 0. The molecule has 3 aliphatic carbocycles. The monoisotopic (exact) mass is 554 g/mol. The lowest BCUT2D eigenvalue weighted by atomic mass is 9.48. The van der Waals surface area contributed by atoms with Gasteiger partial charge in [-0.05, 0) is 80.3 Å². The van der Waals surface area contributed by atoms with E-state index in [1.54, 1.807) is 13.1 Å². The summed E-state index contributed by atoms with van der Waals surface area (Å²) in [4.78, 5) is 17.4. The van der Waals surface area contributed by atoms with Gasteiger partial charge in [0.1, 0.15) is 6.10 Å². The van der Waals surface area contributed by atoms with Crippen molar-refractivity contribution in [3.63, 3.8) is 0 Å². The number of likely N-dealkylation sites (N-methyl/N-ethyl adjacent to an activating group) is 1. The van der Waals surface area contributed by atoms with Crippen LogP contribution in [0.2, 0.25) is 0 Å². The Hall–Kier alpha value is -3.04. The van der Waals surface area contributed by atoms with Crippen molar-refractivity contribution in [2.24, 2.45) is 5.92 Å². The number of hydrogen-bond acceptors (Lipinski definition) is 5. The maximum Gasteiger partial charge on any atom is 0.416 e. The quantitative estimate of drug-likeness (QED) is 0.532. The van der Waals surface area contributed by atoms with Crippen LogP contribution < -0.4 is 4.74 Å². The van der Waals surface area contributed by atoms with E-state index in [9.17, 15) is 28.2 Å². The van der Waals surface area contributed by atoms with Crippen molar-refractivity contribution in [1.82, 2.24) is 9.80 Å². The van der Waals surface area contributed by atoms with Crippen LogP contribution in [0.1, 0.15) is 54.4 Å². The van der Waals surface area contributed by atoms with Gasteiger partial charge in [-0.3, -0.25) is 9.69 Å². The van der Waals surface area contributed by atoms with E-state index in [4.69, 9.17) is 4.74 Å². The number of benzene rings is 2. The molecule has 6 nitrogen and oxygen atoms in total. The third-order valence-corrected chi connectivity index (χ3v) is 10.2. The summed E-state index contributed by atoms with van der Waals surface area (Å²) < 4.78 is 46.9.